The molecule has 1 heterocycles. The Morgan fingerprint density at radius 2 is 1.59 bits per heavy atom. The normalized spacial score (nSPS) is 14.5. The summed E-state index contributed by atoms with van der Waals surface area (Å²) in [5, 5.41) is 2.99. The summed E-state index contributed by atoms with van der Waals surface area (Å²) in [6.07, 6.45) is 0.413. The molecular formula is C31H34BrN3O5S. The van der Waals surface area contributed by atoms with Crippen molar-refractivity contribution in [1.29, 1.82) is 0 Å². The first kappa shape index (κ1) is 30.5. The zero-order valence-corrected chi connectivity index (χ0v) is 25.5. The predicted molar refractivity (Wildman–Crippen MR) is 160 cm³/mol. The van der Waals surface area contributed by atoms with Gasteiger partial charge >= 0.3 is 0 Å². The highest BCUT2D eigenvalue weighted by molar-refractivity contribution is 9.10. The third-order valence-electron chi connectivity index (χ3n) is 6.89. The molecule has 0 aromatic heterocycles. The summed E-state index contributed by atoms with van der Waals surface area (Å²) in [7, 11) is -3.96. The lowest BCUT2D eigenvalue weighted by Gasteiger charge is -2.32. The van der Waals surface area contributed by atoms with Gasteiger partial charge in [0.25, 0.3) is 15.9 Å². The van der Waals surface area contributed by atoms with E-state index in [1.54, 1.807) is 17.0 Å². The second-order valence-electron chi connectivity index (χ2n) is 10.5. The number of benzene rings is 3. The van der Waals surface area contributed by atoms with Crippen LogP contribution in [0.15, 0.2) is 88.2 Å². The van der Waals surface area contributed by atoms with Crippen molar-refractivity contribution in [3.63, 3.8) is 0 Å². The van der Waals surface area contributed by atoms with Gasteiger partial charge in [-0.15, -0.1) is 0 Å². The number of hydrogen-bond donors (Lipinski definition) is 1. The summed E-state index contributed by atoms with van der Waals surface area (Å²) in [5.74, 6) is -0.901. The molecule has 0 bridgehead atoms. The fraction of sp³-hybridized carbons (Fsp3) is 0.323. The fourth-order valence-corrected chi connectivity index (χ4v) is 6.60. The van der Waals surface area contributed by atoms with Crippen LogP contribution in [0, 0.1) is 5.92 Å². The predicted octanol–water partition coefficient (Wildman–Crippen LogP) is 4.79. The number of sulfonamides is 1. The van der Waals surface area contributed by atoms with Crippen molar-refractivity contribution in [2.75, 3.05) is 13.1 Å². The maximum Gasteiger partial charge on any atom is 0.269 e. The Morgan fingerprint density at radius 3 is 2.24 bits per heavy atom. The van der Waals surface area contributed by atoms with Gasteiger partial charge in [-0.2, -0.15) is 0 Å². The van der Waals surface area contributed by atoms with E-state index >= 15 is 0 Å². The molecule has 0 aliphatic carbocycles. The highest BCUT2D eigenvalue weighted by Crippen LogP contribution is 2.30. The number of fused-ring (bicyclic) bond motifs is 1. The van der Waals surface area contributed by atoms with Crippen molar-refractivity contribution in [1.82, 2.24) is 14.5 Å². The van der Waals surface area contributed by atoms with E-state index in [1.165, 1.54) is 12.1 Å². The van der Waals surface area contributed by atoms with Crippen LogP contribution in [-0.4, -0.2) is 54.5 Å². The van der Waals surface area contributed by atoms with Crippen LogP contribution < -0.4 is 5.32 Å². The van der Waals surface area contributed by atoms with Gasteiger partial charge in [-0.3, -0.25) is 14.4 Å². The molecule has 3 aromatic rings. The number of nitrogens with zero attached hydrogens (tertiary/aromatic N) is 2. The topological polar surface area (TPSA) is 104 Å². The summed E-state index contributed by atoms with van der Waals surface area (Å²) in [5.41, 5.74) is 1.90. The van der Waals surface area contributed by atoms with Gasteiger partial charge in [-0.05, 0) is 47.7 Å². The third kappa shape index (κ3) is 7.42. The Labute approximate surface area is 249 Å². The Balaban J connectivity index is 1.56. The smallest absolute Gasteiger partial charge is 0.269 e. The molecule has 41 heavy (non-hydrogen) atoms. The summed E-state index contributed by atoms with van der Waals surface area (Å²) in [6.45, 7) is 4.55. The first-order chi connectivity index (χ1) is 19.6. The van der Waals surface area contributed by atoms with Gasteiger partial charge in [-0.1, -0.05) is 84.4 Å². The minimum atomic E-state index is -3.96. The third-order valence-corrected chi connectivity index (χ3v) is 9.25. The molecule has 0 saturated heterocycles. The molecule has 0 saturated carbocycles. The number of nitrogens with one attached hydrogen (secondary N) is 1. The van der Waals surface area contributed by atoms with Crippen molar-refractivity contribution >= 4 is 43.7 Å². The van der Waals surface area contributed by atoms with Crippen LogP contribution in [0.5, 0.6) is 0 Å². The number of carbonyl (C=O) groups is 3. The van der Waals surface area contributed by atoms with Crippen molar-refractivity contribution < 1.29 is 22.8 Å². The minimum absolute atomic E-state index is 0.0158. The maximum absolute atomic E-state index is 13.8. The van der Waals surface area contributed by atoms with E-state index in [9.17, 15) is 22.8 Å². The summed E-state index contributed by atoms with van der Waals surface area (Å²) < 4.78 is 27.6. The van der Waals surface area contributed by atoms with Crippen LogP contribution in [0.3, 0.4) is 0 Å². The van der Waals surface area contributed by atoms with Crippen molar-refractivity contribution in [2.24, 2.45) is 5.92 Å². The van der Waals surface area contributed by atoms with Crippen LogP contribution in [-0.2, 0) is 32.6 Å². The molecule has 3 aromatic carbocycles. The molecule has 216 valence electrons. The lowest BCUT2D eigenvalue weighted by atomic mass is 10.0. The molecule has 1 aliphatic heterocycles. The van der Waals surface area contributed by atoms with Crippen LogP contribution in [0.1, 0.15) is 48.2 Å². The monoisotopic (exact) mass is 639 g/mol. The molecular weight excluding hydrogens is 606 g/mol. The molecule has 1 atom stereocenters. The highest BCUT2D eigenvalue weighted by atomic mass is 79.9. The van der Waals surface area contributed by atoms with Gasteiger partial charge in [0.2, 0.25) is 11.8 Å². The van der Waals surface area contributed by atoms with Gasteiger partial charge in [0.15, 0.2) is 0 Å². The minimum Gasteiger partial charge on any atom is -0.354 e. The van der Waals surface area contributed by atoms with Crippen molar-refractivity contribution in [3.8, 4) is 0 Å². The number of rotatable bonds is 12. The van der Waals surface area contributed by atoms with Gasteiger partial charge in [0.05, 0.1) is 5.56 Å². The van der Waals surface area contributed by atoms with E-state index in [4.69, 9.17) is 0 Å². The zero-order valence-electron chi connectivity index (χ0n) is 23.1. The second kappa shape index (κ2) is 13.4. The molecule has 0 spiro atoms. The maximum atomic E-state index is 13.8. The molecule has 0 fully saturated rings. The van der Waals surface area contributed by atoms with Gasteiger partial charge < -0.3 is 10.2 Å². The van der Waals surface area contributed by atoms with Crippen LogP contribution in [0.25, 0.3) is 0 Å². The Hall–Kier alpha value is -3.50. The molecule has 0 radical (unpaired) electrons. The van der Waals surface area contributed by atoms with Crippen molar-refractivity contribution in [3.05, 3.63) is 100 Å². The molecule has 1 N–H and O–H groups in total. The largest absolute Gasteiger partial charge is 0.354 e. The van der Waals surface area contributed by atoms with Gasteiger partial charge in [-0.25, -0.2) is 12.7 Å². The molecule has 3 amide bonds. The SMILES string of the molecule is CC(C)CNC(=O)C(Cc1ccccc1)N(Cc1ccc(Br)cc1)C(=O)CCCN1C(=O)c2ccccc2S1(=O)=O. The molecule has 1 aliphatic rings. The van der Waals surface area contributed by atoms with Crippen LogP contribution in [0.2, 0.25) is 0 Å². The first-order valence-electron chi connectivity index (χ1n) is 13.6. The van der Waals surface area contributed by atoms with Gasteiger partial charge in [0.1, 0.15) is 10.9 Å². The van der Waals surface area contributed by atoms with Crippen LogP contribution >= 0.6 is 15.9 Å². The van der Waals surface area contributed by atoms with Crippen LogP contribution in [0.4, 0.5) is 0 Å². The van der Waals surface area contributed by atoms with E-state index in [1.807, 2.05) is 68.4 Å². The number of carbonyl (C=O) groups excluding carboxylic acids is 3. The zero-order chi connectivity index (χ0) is 29.6. The average molecular weight is 641 g/mol. The Kier molecular flexibility index (Phi) is 9.99. The lowest BCUT2D eigenvalue weighted by molar-refractivity contribution is -0.141. The number of halogens is 1. The summed E-state index contributed by atoms with van der Waals surface area (Å²) in [4.78, 5) is 41.7. The Bertz CT molecular complexity index is 1490. The van der Waals surface area contributed by atoms with E-state index in [-0.39, 0.29) is 54.1 Å². The van der Waals surface area contributed by atoms with E-state index in [0.717, 1.165) is 19.9 Å². The molecule has 10 heteroatoms. The molecule has 4 rings (SSSR count). The van der Waals surface area contributed by atoms with Gasteiger partial charge in [0, 0.05) is 36.9 Å². The first-order valence-corrected chi connectivity index (χ1v) is 15.8. The summed E-state index contributed by atoms with van der Waals surface area (Å²) >= 11 is 3.44. The molecule has 8 nitrogen and oxygen atoms in total. The van der Waals surface area contributed by atoms with E-state index < -0.39 is 22.0 Å². The average Bonchev–Trinajstić information content (AvgIpc) is 3.15. The standard InChI is InChI=1S/C31H34BrN3O5S/c1-22(2)20-33-30(37)27(19-23-9-4-3-5-10-23)34(21-24-14-16-25(32)17-15-24)29(36)13-8-18-35-31(38)26-11-6-7-12-28(26)41(35,39)40/h3-7,9-12,14-17,22,27H,8,13,18-21H2,1-2H3,(H,33,37). The van der Waals surface area contributed by atoms with Crippen molar-refractivity contribution in [2.45, 2.75) is 50.6 Å². The fourth-order valence-electron chi connectivity index (χ4n) is 4.73. The summed E-state index contributed by atoms with van der Waals surface area (Å²) in [6, 6.07) is 22.4. The molecule has 1 unspecified atom stereocenters. The Morgan fingerprint density at radius 1 is 0.927 bits per heavy atom. The van der Waals surface area contributed by atoms with E-state index in [0.29, 0.717) is 13.0 Å². The lowest BCUT2D eigenvalue weighted by Crippen LogP contribution is -2.51. The quantitative estimate of drug-likeness (QED) is 0.307. The second-order valence-corrected chi connectivity index (χ2v) is 13.2. The van der Waals surface area contributed by atoms with E-state index in [2.05, 4.69) is 21.2 Å². The number of hydrogen-bond acceptors (Lipinski definition) is 5. The number of amides is 3. The highest BCUT2D eigenvalue weighted by Gasteiger charge is 2.40.